The smallest absolute Gasteiger partial charge is 0.240 e. The van der Waals surface area contributed by atoms with Crippen molar-refractivity contribution in [3.8, 4) is 0 Å². The highest BCUT2D eigenvalue weighted by Crippen LogP contribution is 2.13. The van der Waals surface area contributed by atoms with Crippen molar-refractivity contribution >= 4 is 15.8 Å². The first-order valence-electron chi connectivity index (χ1n) is 6.92. The molecule has 0 amide bonds. The quantitative estimate of drug-likeness (QED) is 0.779. The Morgan fingerprint density at radius 3 is 2.38 bits per heavy atom. The largest absolute Gasteiger partial charge is 0.305 e. The van der Waals surface area contributed by atoms with E-state index < -0.39 is 10.0 Å². The second kappa shape index (κ2) is 7.15. The van der Waals surface area contributed by atoms with Gasteiger partial charge in [0.05, 0.1) is 4.90 Å². The Balaban J connectivity index is 2.91. The van der Waals surface area contributed by atoms with Crippen molar-refractivity contribution < 1.29 is 13.2 Å². The van der Waals surface area contributed by atoms with E-state index in [4.69, 9.17) is 0 Å². The second-order valence-corrected chi connectivity index (χ2v) is 7.48. The minimum atomic E-state index is -3.61. The second-order valence-electron chi connectivity index (χ2n) is 5.71. The van der Waals surface area contributed by atoms with Gasteiger partial charge in [0.25, 0.3) is 0 Å². The minimum Gasteiger partial charge on any atom is -0.305 e. The highest BCUT2D eigenvalue weighted by molar-refractivity contribution is 7.89. The molecule has 118 valence electrons. The van der Waals surface area contributed by atoms with Crippen molar-refractivity contribution in [2.24, 2.45) is 5.92 Å². The van der Waals surface area contributed by atoms with Crippen LogP contribution in [-0.4, -0.2) is 45.8 Å². The fourth-order valence-electron chi connectivity index (χ4n) is 2.18. The van der Waals surface area contributed by atoms with Crippen molar-refractivity contribution in [1.82, 2.24) is 9.62 Å². The first-order chi connectivity index (χ1) is 9.65. The van der Waals surface area contributed by atoms with Crippen LogP contribution < -0.4 is 4.72 Å². The third-order valence-electron chi connectivity index (χ3n) is 3.47. The van der Waals surface area contributed by atoms with Gasteiger partial charge in [-0.25, -0.2) is 13.1 Å². The van der Waals surface area contributed by atoms with Crippen LogP contribution in [0.5, 0.6) is 0 Å². The third-order valence-corrected chi connectivity index (χ3v) is 4.89. The molecule has 0 fully saturated rings. The average Bonchev–Trinajstić information content (AvgIpc) is 2.38. The van der Waals surface area contributed by atoms with Crippen molar-refractivity contribution in [2.45, 2.75) is 31.7 Å². The maximum atomic E-state index is 12.3. The molecular weight excluding hydrogens is 288 g/mol. The Hall–Kier alpha value is -1.24. The Kier molecular flexibility index (Phi) is 6.07. The zero-order valence-corrected chi connectivity index (χ0v) is 14.1. The summed E-state index contributed by atoms with van der Waals surface area (Å²) >= 11 is 0. The minimum absolute atomic E-state index is 0.107. The first-order valence-corrected chi connectivity index (χ1v) is 8.40. The molecule has 1 atom stereocenters. The molecule has 0 aliphatic carbocycles. The van der Waals surface area contributed by atoms with Gasteiger partial charge in [0.2, 0.25) is 10.0 Å². The molecule has 1 N–H and O–H groups in total. The third kappa shape index (κ3) is 4.91. The molecule has 0 radical (unpaired) electrons. The van der Waals surface area contributed by atoms with E-state index in [0.29, 0.717) is 18.0 Å². The Bertz CT molecular complexity index is 587. The number of hydrogen-bond acceptors (Lipinski definition) is 4. The summed E-state index contributed by atoms with van der Waals surface area (Å²) in [5.74, 6) is 0.173. The summed E-state index contributed by atoms with van der Waals surface area (Å²) in [4.78, 5) is 13.5. The Labute approximate surface area is 127 Å². The molecule has 5 nitrogen and oxygen atoms in total. The van der Waals surface area contributed by atoms with Crippen molar-refractivity contribution in [3.05, 3.63) is 29.8 Å². The highest BCUT2D eigenvalue weighted by atomic mass is 32.2. The summed E-state index contributed by atoms with van der Waals surface area (Å²) in [6.07, 6.45) is 0. The summed E-state index contributed by atoms with van der Waals surface area (Å²) in [7, 11) is 0.245. The molecule has 1 aromatic rings. The molecule has 0 aliphatic rings. The molecule has 21 heavy (non-hydrogen) atoms. The molecule has 0 heterocycles. The SMILES string of the molecule is CC(=O)c1cccc(S(=O)(=O)NCC(C(C)C)N(C)C)c1. The normalized spacial score (nSPS) is 13.7. The van der Waals surface area contributed by atoms with Gasteiger partial charge < -0.3 is 4.90 Å². The number of Topliss-reactive ketones (excluding diaryl/α,β-unsaturated/α-hetero) is 1. The van der Waals surface area contributed by atoms with Gasteiger partial charge in [0.15, 0.2) is 5.78 Å². The number of nitrogens with zero attached hydrogens (tertiary/aromatic N) is 1. The molecule has 1 aromatic carbocycles. The van der Waals surface area contributed by atoms with E-state index in [1.54, 1.807) is 12.1 Å². The summed E-state index contributed by atoms with van der Waals surface area (Å²) in [5.41, 5.74) is 0.394. The molecule has 0 aromatic heterocycles. The van der Waals surface area contributed by atoms with Gasteiger partial charge in [-0.05, 0) is 39.1 Å². The van der Waals surface area contributed by atoms with Crippen LogP contribution >= 0.6 is 0 Å². The van der Waals surface area contributed by atoms with E-state index >= 15 is 0 Å². The van der Waals surface area contributed by atoms with E-state index in [9.17, 15) is 13.2 Å². The number of hydrogen-bond donors (Lipinski definition) is 1. The molecule has 0 saturated carbocycles. The number of nitrogens with one attached hydrogen (secondary N) is 1. The van der Waals surface area contributed by atoms with Crippen LogP contribution in [0.2, 0.25) is 0 Å². The molecule has 0 bridgehead atoms. The number of rotatable bonds is 7. The molecule has 1 rings (SSSR count). The first kappa shape index (κ1) is 17.8. The predicted molar refractivity (Wildman–Crippen MR) is 83.9 cm³/mol. The van der Waals surface area contributed by atoms with Gasteiger partial charge >= 0.3 is 0 Å². The van der Waals surface area contributed by atoms with Crippen LogP contribution in [0.3, 0.4) is 0 Å². The van der Waals surface area contributed by atoms with E-state index in [-0.39, 0.29) is 16.7 Å². The predicted octanol–water partition coefficient (Wildman–Crippen LogP) is 1.75. The van der Waals surface area contributed by atoms with E-state index in [1.807, 2.05) is 19.0 Å². The molecule has 1 unspecified atom stereocenters. The average molecular weight is 312 g/mol. The Morgan fingerprint density at radius 1 is 1.29 bits per heavy atom. The molecule has 0 saturated heterocycles. The topological polar surface area (TPSA) is 66.5 Å². The maximum Gasteiger partial charge on any atom is 0.240 e. The van der Waals surface area contributed by atoms with Gasteiger partial charge in [-0.15, -0.1) is 0 Å². The highest BCUT2D eigenvalue weighted by Gasteiger charge is 2.21. The van der Waals surface area contributed by atoms with Gasteiger partial charge in [-0.3, -0.25) is 4.79 Å². The lowest BCUT2D eigenvalue weighted by molar-refractivity contribution is 0.101. The van der Waals surface area contributed by atoms with Crippen LogP contribution in [-0.2, 0) is 10.0 Å². The zero-order chi connectivity index (χ0) is 16.2. The van der Waals surface area contributed by atoms with Gasteiger partial charge in [0, 0.05) is 18.2 Å². The molecular formula is C15H24N2O3S. The fraction of sp³-hybridized carbons (Fsp3) is 0.533. The monoisotopic (exact) mass is 312 g/mol. The van der Waals surface area contributed by atoms with Gasteiger partial charge in [0.1, 0.15) is 0 Å². The zero-order valence-electron chi connectivity index (χ0n) is 13.3. The van der Waals surface area contributed by atoms with E-state index in [0.717, 1.165) is 0 Å². The number of carbonyl (C=O) groups excluding carboxylic acids is 1. The number of likely N-dealkylation sites (N-methyl/N-ethyl adjacent to an activating group) is 1. The number of sulfonamides is 1. The van der Waals surface area contributed by atoms with Crippen molar-refractivity contribution in [3.63, 3.8) is 0 Å². The maximum absolute atomic E-state index is 12.3. The van der Waals surface area contributed by atoms with Crippen LogP contribution in [0.25, 0.3) is 0 Å². The lowest BCUT2D eigenvalue weighted by Crippen LogP contribution is -2.43. The molecule has 0 spiro atoms. The summed E-state index contributed by atoms with van der Waals surface area (Å²) in [6.45, 7) is 5.85. The van der Waals surface area contributed by atoms with Crippen molar-refractivity contribution in [1.29, 1.82) is 0 Å². The fourth-order valence-corrected chi connectivity index (χ4v) is 3.27. The summed E-state index contributed by atoms with van der Waals surface area (Å²) in [5, 5.41) is 0. The van der Waals surface area contributed by atoms with Crippen LogP contribution in [0.1, 0.15) is 31.1 Å². The van der Waals surface area contributed by atoms with Gasteiger partial charge in [-0.2, -0.15) is 0 Å². The van der Waals surface area contributed by atoms with Crippen LogP contribution in [0.15, 0.2) is 29.2 Å². The van der Waals surface area contributed by atoms with Crippen LogP contribution in [0.4, 0.5) is 0 Å². The van der Waals surface area contributed by atoms with Crippen molar-refractivity contribution in [2.75, 3.05) is 20.6 Å². The lowest BCUT2D eigenvalue weighted by atomic mass is 10.0. The summed E-state index contributed by atoms with van der Waals surface area (Å²) < 4.78 is 27.3. The Morgan fingerprint density at radius 2 is 1.90 bits per heavy atom. The van der Waals surface area contributed by atoms with E-state index in [2.05, 4.69) is 18.6 Å². The number of benzene rings is 1. The number of ketones is 1. The number of carbonyl (C=O) groups is 1. The molecule has 0 aliphatic heterocycles. The van der Waals surface area contributed by atoms with Gasteiger partial charge in [-0.1, -0.05) is 26.0 Å². The lowest BCUT2D eigenvalue weighted by Gasteiger charge is -2.28. The van der Waals surface area contributed by atoms with E-state index in [1.165, 1.54) is 19.1 Å². The van der Waals surface area contributed by atoms with Crippen LogP contribution in [0, 0.1) is 5.92 Å². The standard InChI is InChI=1S/C15H24N2O3S/c1-11(2)15(17(4)5)10-16-21(19,20)14-8-6-7-13(9-14)12(3)18/h6-9,11,15-16H,10H2,1-5H3. The summed E-state index contributed by atoms with van der Waals surface area (Å²) in [6, 6.07) is 6.20. The molecule has 6 heteroatoms.